The summed E-state index contributed by atoms with van der Waals surface area (Å²) in [5.41, 5.74) is -3.00. The van der Waals surface area contributed by atoms with Crippen LogP contribution in [0.15, 0.2) is 54.6 Å². The van der Waals surface area contributed by atoms with Crippen molar-refractivity contribution in [2.75, 3.05) is 21.1 Å². The van der Waals surface area contributed by atoms with Gasteiger partial charge in [-0.2, -0.15) is 13.2 Å². The zero-order chi connectivity index (χ0) is 20.2. The number of carbonyl (C=O) groups excluding carboxylic acids is 1. The maximum absolute atomic E-state index is 12.2. The van der Waals surface area contributed by atoms with Crippen molar-refractivity contribution in [1.82, 2.24) is 4.48 Å². The van der Waals surface area contributed by atoms with Crippen molar-refractivity contribution < 1.29 is 30.9 Å². The van der Waals surface area contributed by atoms with Crippen LogP contribution in [0.2, 0.25) is 0 Å². The van der Waals surface area contributed by atoms with E-state index in [4.69, 9.17) is 13.0 Å². The Balaban J connectivity index is 0.000000359. The number of hydrogen-bond acceptors (Lipinski definition) is 4. The minimum atomic E-state index is -6.09. The summed E-state index contributed by atoms with van der Waals surface area (Å²) in [6.45, 7) is 0. The van der Waals surface area contributed by atoms with Crippen LogP contribution in [0.5, 0.6) is 0 Å². The van der Waals surface area contributed by atoms with Gasteiger partial charge in [0, 0.05) is 11.1 Å². The van der Waals surface area contributed by atoms with Crippen LogP contribution in [-0.2, 0) is 10.1 Å². The third kappa shape index (κ3) is 6.25. The van der Waals surface area contributed by atoms with E-state index >= 15 is 0 Å². The quantitative estimate of drug-likeness (QED) is 0.350. The van der Waals surface area contributed by atoms with Gasteiger partial charge >= 0.3 is 5.51 Å². The molecule has 0 saturated heterocycles. The standard InChI is InChI=1S/C16H18NO.CHF3O3S/c1-17(2,3)15-11-9-14(10-12-15)16(18)13-7-5-4-6-8-13;2-1(3,4)8(5,6)7/h4-12H,1-3H3;(H,5,6,7)/q+1;/p-1. The first-order valence-electron chi connectivity index (χ1n) is 7.27. The molecule has 0 aliphatic heterocycles. The summed E-state index contributed by atoms with van der Waals surface area (Å²) >= 11 is 0. The normalized spacial score (nSPS) is 12.1. The summed E-state index contributed by atoms with van der Waals surface area (Å²) in [6, 6.07) is 17.2. The maximum atomic E-state index is 12.2. The summed E-state index contributed by atoms with van der Waals surface area (Å²) in [5, 5.41) is 0. The number of nitrogens with zero attached hydrogens (tertiary/aromatic N) is 1. The van der Waals surface area contributed by atoms with Crippen molar-refractivity contribution in [3.05, 3.63) is 65.7 Å². The van der Waals surface area contributed by atoms with Gasteiger partial charge in [0.05, 0.1) is 21.1 Å². The molecule has 0 fully saturated rings. The predicted molar refractivity (Wildman–Crippen MR) is 91.6 cm³/mol. The van der Waals surface area contributed by atoms with E-state index in [1.165, 1.54) is 5.69 Å². The van der Waals surface area contributed by atoms with Gasteiger partial charge in [0.15, 0.2) is 15.9 Å². The third-order valence-electron chi connectivity index (χ3n) is 3.22. The summed E-state index contributed by atoms with van der Waals surface area (Å²) < 4.78 is 59.7. The molecule has 0 spiro atoms. The molecule has 0 saturated carbocycles. The summed E-state index contributed by atoms with van der Waals surface area (Å²) in [5.74, 6) is 0.0727. The molecule has 9 heteroatoms. The monoisotopic (exact) mass is 389 g/mol. The predicted octanol–water partition coefficient (Wildman–Crippen LogP) is 3.17. The fraction of sp³-hybridized carbons (Fsp3) is 0.235. The van der Waals surface area contributed by atoms with E-state index in [0.29, 0.717) is 0 Å². The molecule has 142 valence electrons. The molecular weight excluding hydrogens is 371 g/mol. The molecule has 0 radical (unpaired) electrons. The summed E-state index contributed by atoms with van der Waals surface area (Å²) in [6.07, 6.45) is 0. The van der Waals surface area contributed by atoms with E-state index in [2.05, 4.69) is 21.1 Å². The molecule has 0 aliphatic rings. The number of carbonyl (C=O) groups is 1. The van der Waals surface area contributed by atoms with Crippen LogP contribution in [0.4, 0.5) is 18.9 Å². The highest BCUT2D eigenvalue weighted by atomic mass is 32.2. The molecule has 26 heavy (non-hydrogen) atoms. The molecule has 5 nitrogen and oxygen atoms in total. The van der Waals surface area contributed by atoms with Crippen LogP contribution < -0.4 is 4.48 Å². The number of quaternary nitrogens is 1. The lowest BCUT2D eigenvalue weighted by molar-refractivity contribution is -0.0517. The van der Waals surface area contributed by atoms with Crippen molar-refractivity contribution in [2.45, 2.75) is 5.51 Å². The van der Waals surface area contributed by atoms with E-state index in [1.54, 1.807) is 0 Å². The van der Waals surface area contributed by atoms with Gasteiger partial charge in [0.25, 0.3) is 0 Å². The highest BCUT2D eigenvalue weighted by molar-refractivity contribution is 7.86. The molecule has 0 unspecified atom stereocenters. The first-order chi connectivity index (χ1) is 11.7. The van der Waals surface area contributed by atoms with Crippen molar-refractivity contribution in [2.24, 2.45) is 0 Å². The Morgan fingerprint density at radius 2 is 1.27 bits per heavy atom. The van der Waals surface area contributed by atoms with E-state index in [1.807, 2.05) is 54.6 Å². The number of ketones is 1. The van der Waals surface area contributed by atoms with Gasteiger partial charge in [-0.15, -0.1) is 0 Å². The van der Waals surface area contributed by atoms with Gasteiger partial charge in [-0.25, -0.2) is 8.42 Å². The Kier molecular flexibility index (Phi) is 6.70. The molecule has 0 bridgehead atoms. The Labute approximate surface area is 150 Å². The first-order valence-corrected chi connectivity index (χ1v) is 8.68. The van der Waals surface area contributed by atoms with Crippen molar-refractivity contribution in [1.29, 1.82) is 0 Å². The second-order valence-electron chi connectivity index (χ2n) is 6.15. The molecule has 0 atom stereocenters. The Hall–Kier alpha value is -2.23. The lowest BCUT2D eigenvalue weighted by Gasteiger charge is -2.23. The van der Waals surface area contributed by atoms with Crippen molar-refractivity contribution in [3.63, 3.8) is 0 Å². The van der Waals surface area contributed by atoms with Crippen LogP contribution in [0.3, 0.4) is 0 Å². The fourth-order valence-electron chi connectivity index (χ4n) is 1.82. The number of alkyl halides is 3. The molecule has 0 N–H and O–H groups in total. The summed E-state index contributed by atoms with van der Waals surface area (Å²) in [4.78, 5) is 12.2. The molecule has 0 heterocycles. The van der Waals surface area contributed by atoms with Crippen LogP contribution in [0.1, 0.15) is 15.9 Å². The molecule has 2 aromatic rings. The van der Waals surface area contributed by atoms with Gasteiger partial charge in [0.1, 0.15) is 5.69 Å². The van der Waals surface area contributed by atoms with Crippen molar-refractivity contribution in [3.8, 4) is 0 Å². The van der Waals surface area contributed by atoms with Gasteiger partial charge in [-0.1, -0.05) is 30.3 Å². The number of rotatable bonds is 3. The molecule has 0 aromatic heterocycles. The second-order valence-corrected chi connectivity index (χ2v) is 7.53. The lowest BCUT2D eigenvalue weighted by Crippen LogP contribution is -2.34. The van der Waals surface area contributed by atoms with Gasteiger partial charge in [-0.05, 0) is 24.3 Å². The molecule has 0 aliphatic carbocycles. The van der Waals surface area contributed by atoms with Crippen LogP contribution in [0.25, 0.3) is 0 Å². The number of hydrogen-bond donors (Lipinski definition) is 0. The Bertz CT molecular complexity index is 840. The molecular formula is C17H18F3NO4S. The smallest absolute Gasteiger partial charge is 0.485 e. The lowest BCUT2D eigenvalue weighted by atomic mass is 10.0. The van der Waals surface area contributed by atoms with Crippen molar-refractivity contribution >= 4 is 21.6 Å². The number of halogens is 3. The zero-order valence-electron chi connectivity index (χ0n) is 14.3. The van der Waals surface area contributed by atoms with Gasteiger partial charge < -0.3 is 4.55 Å². The molecule has 2 rings (SSSR count). The average Bonchev–Trinajstić information content (AvgIpc) is 2.53. The average molecular weight is 389 g/mol. The summed E-state index contributed by atoms with van der Waals surface area (Å²) in [7, 11) is 0.225. The Morgan fingerprint density at radius 1 is 0.885 bits per heavy atom. The first kappa shape index (κ1) is 21.8. The maximum Gasteiger partial charge on any atom is 0.485 e. The van der Waals surface area contributed by atoms with Gasteiger partial charge in [-0.3, -0.25) is 9.28 Å². The zero-order valence-corrected chi connectivity index (χ0v) is 15.1. The highest BCUT2D eigenvalue weighted by Gasteiger charge is 2.36. The fourth-order valence-corrected chi connectivity index (χ4v) is 1.82. The highest BCUT2D eigenvalue weighted by Crippen LogP contribution is 2.20. The topological polar surface area (TPSA) is 74.3 Å². The second kappa shape index (κ2) is 7.98. The van der Waals surface area contributed by atoms with Crippen LogP contribution >= 0.6 is 0 Å². The molecule has 2 aromatic carbocycles. The van der Waals surface area contributed by atoms with E-state index in [9.17, 15) is 18.0 Å². The minimum Gasteiger partial charge on any atom is -0.741 e. The van der Waals surface area contributed by atoms with Crippen LogP contribution in [-0.4, -0.2) is 45.4 Å². The SMILES string of the molecule is C[N+](C)(C)c1ccc(C(=O)c2ccccc2)cc1.O=S(=O)([O-])C(F)(F)F. The third-order valence-corrected chi connectivity index (χ3v) is 3.79. The van der Waals surface area contributed by atoms with Gasteiger partial charge in [0.2, 0.25) is 0 Å². The number of benzene rings is 2. The minimum absolute atomic E-state index is 0.0727. The van der Waals surface area contributed by atoms with Crippen LogP contribution in [0, 0.1) is 0 Å². The van der Waals surface area contributed by atoms with E-state index in [0.717, 1.165) is 15.6 Å². The largest absolute Gasteiger partial charge is 0.741 e. The van der Waals surface area contributed by atoms with E-state index < -0.39 is 15.6 Å². The Morgan fingerprint density at radius 3 is 1.62 bits per heavy atom. The molecule has 0 amide bonds. The van der Waals surface area contributed by atoms with E-state index in [-0.39, 0.29) is 5.78 Å².